The van der Waals surface area contributed by atoms with Crippen LogP contribution in [0.1, 0.15) is 0 Å². The van der Waals surface area contributed by atoms with Gasteiger partial charge in [-0.25, -0.2) is 13.9 Å². The van der Waals surface area contributed by atoms with E-state index >= 15 is 0 Å². The van der Waals surface area contributed by atoms with E-state index in [1.165, 1.54) is 0 Å². The first-order chi connectivity index (χ1) is 4.79. The average Bonchev–Trinajstić information content (AvgIpc) is 1.91. The molecule has 0 atom stereocenters. The van der Waals surface area contributed by atoms with E-state index < -0.39 is 11.6 Å². The summed E-state index contributed by atoms with van der Waals surface area (Å²) in [5.41, 5.74) is 0. The predicted molar refractivity (Wildman–Crippen MR) is 31.8 cm³/mol. The first-order valence-electron chi connectivity index (χ1n) is 2.52. The summed E-state index contributed by atoms with van der Waals surface area (Å²) < 4.78 is 23.8. The molecule has 1 aromatic rings. The highest BCUT2D eigenvalue weighted by Crippen LogP contribution is 1.98. The lowest BCUT2D eigenvalue weighted by Gasteiger charge is -1.83. The Morgan fingerprint density at radius 1 is 1.20 bits per heavy atom. The smallest absolute Gasteiger partial charge is 0.126 e. The maximum Gasteiger partial charge on any atom is 0.126 e. The molecule has 0 aliphatic heterocycles. The Morgan fingerprint density at radius 3 is 1.80 bits per heavy atom. The van der Waals surface area contributed by atoms with Gasteiger partial charge in [0.2, 0.25) is 0 Å². The third-order valence-corrected chi connectivity index (χ3v) is 0.718. The summed E-state index contributed by atoms with van der Waals surface area (Å²) in [6.45, 7) is 0. The van der Waals surface area contributed by atoms with Crippen molar-refractivity contribution in [3.05, 3.63) is 35.9 Å². The first-order valence-corrected chi connectivity index (χ1v) is 2.52. The highest BCUT2D eigenvalue weighted by molar-refractivity contribution is 5.03. The third-order valence-electron chi connectivity index (χ3n) is 0.718. The Bertz CT molecular complexity index is 171. The molecule has 54 valence electrons. The van der Waals surface area contributed by atoms with Crippen LogP contribution in [0.15, 0.2) is 18.2 Å². The molecule has 0 unspecified atom stereocenters. The Balaban J connectivity index is 0.000000371. The van der Waals surface area contributed by atoms with Crippen molar-refractivity contribution in [1.82, 2.24) is 0 Å². The van der Waals surface area contributed by atoms with Gasteiger partial charge >= 0.3 is 0 Å². The number of benzene rings is 1. The molecule has 0 saturated heterocycles. The summed E-state index contributed by atoms with van der Waals surface area (Å²) in [6, 6.07) is 5.23. The Labute approximate surface area is 57.9 Å². The van der Waals surface area contributed by atoms with Crippen LogP contribution in [0.5, 0.6) is 0 Å². The van der Waals surface area contributed by atoms with Gasteiger partial charge in [0.1, 0.15) is 11.6 Å². The molecule has 0 heterocycles. The molecule has 0 saturated carbocycles. The summed E-state index contributed by atoms with van der Waals surface area (Å²) in [6.07, 6.45) is 0. The summed E-state index contributed by atoms with van der Waals surface area (Å²) in [4.78, 5) is 0. The lowest BCUT2D eigenvalue weighted by atomic mass is 10.3. The second-order valence-electron chi connectivity index (χ2n) is 1.37. The minimum absolute atomic E-state index is 0.593. The maximum atomic E-state index is 11.9. The van der Waals surface area contributed by atoms with Crippen molar-refractivity contribution in [1.29, 1.82) is 0 Å². The lowest BCUT2D eigenvalue weighted by molar-refractivity contribution is 0.282. The van der Waals surface area contributed by atoms with E-state index in [0.29, 0.717) is 0 Å². The molecule has 0 aliphatic carbocycles. The predicted octanol–water partition coefficient (Wildman–Crippen LogP) is 1.81. The number of rotatable bonds is 0. The van der Waals surface area contributed by atoms with E-state index in [9.17, 15) is 8.78 Å². The molecule has 2 radical (unpaired) electrons. The normalized spacial score (nSPS) is 8.00. The van der Waals surface area contributed by atoms with Gasteiger partial charge in [0.05, 0.1) is 7.11 Å². The summed E-state index contributed by atoms with van der Waals surface area (Å²) in [5.74, 6) is -1.19. The second-order valence-corrected chi connectivity index (χ2v) is 1.37. The van der Waals surface area contributed by atoms with Crippen molar-refractivity contribution >= 4 is 0 Å². The monoisotopic (exact) mass is 144 g/mol. The van der Waals surface area contributed by atoms with E-state index in [0.717, 1.165) is 25.3 Å². The summed E-state index contributed by atoms with van der Waals surface area (Å²) in [7, 11) is 0.750. The number of halogens is 2. The van der Waals surface area contributed by atoms with Crippen molar-refractivity contribution < 1.29 is 13.9 Å². The quantitative estimate of drug-likeness (QED) is 0.529. The van der Waals surface area contributed by atoms with Gasteiger partial charge in [0, 0.05) is 6.07 Å². The van der Waals surface area contributed by atoms with Crippen LogP contribution in [-0.4, -0.2) is 7.11 Å². The third kappa shape index (κ3) is 3.14. The standard InChI is InChI=1S/C6H3F2.CH3O/c7-5-2-1-3-6(8)4-5;1-2/h2-4H;1H3. The zero-order chi connectivity index (χ0) is 7.98. The van der Waals surface area contributed by atoms with Crippen molar-refractivity contribution in [3.63, 3.8) is 0 Å². The molecule has 0 aromatic heterocycles. The number of hydrogen-bond acceptors (Lipinski definition) is 0. The zero-order valence-corrected chi connectivity index (χ0v) is 5.40. The van der Waals surface area contributed by atoms with Crippen molar-refractivity contribution in [2.75, 3.05) is 7.11 Å². The summed E-state index contributed by atoms with van der Waals surface area (Å²) >= 11 is 0. The minimum Gasteiger partial charge on any atom is -0.240 e. The van der Waals surface area contributed by atoms with Crippen LogP contribution in [0.4, 0.5) is 8.78 Å². The molecule has 0 bridgehead atoms. The van der Waals surface area contributed by atoms with Gasteiger partial charge in [0.15, 0.2) is 0 Å². The molecule has 10 heavy (non-hydrogen) atoms. The van der Waals surface area contributed by atoms with E-state index in [2.05, 4.69) is 6.07 Å². The average molecular weight is 144 g/mol. The fraction of sp³-hybridized carbons (Fsp3) is 0.143. The molecule has 3 heteroatoms. The zero-order valence-electron chi connectivity index (χ0n) is 5.40. The topological polar surface area (TPSA) is 19.9 Å². The molecule has 0 amide bonds. The first kappa shape index (κ1) is 9.04. The summed E-state index contributed by atoms with van der Waals surface area (Å²) in [5, 5.41) is 8.25. The Morgan fingerprint density at radius 2 is 1.60 bits per heavy atom. The fourth-order valence-electron chi connectivity index (χ4n) is 0.416. The van der Waals surface area contributed by atoms with Gasteiger partial charge in [-0.1, -0.05) is 0 Å². The SMILES string of the molecule is C[O].Fc1c[c]cc(F)c1. The van der Waals surface area contributed by atoms with E-state index in [4.69, 9.17) is 5.11 Å². The van der Waals surface area contributed by atoms with Crippen LogP contribution < -0.4 is 0 Å². The van der Waals surface area contributed by atoms with Crippen molar-refractivity contribution in [3.8, 4) is 0 Å². The van der Waals surface area contributed by atoms with Crippen LogP contribution in [0, 0.1) is 17.7 Å². The molecule has 1 aromatic carbocycles. The van der Waals surface area contributed by atoms with Crippen LogP contribution in [0.2, 0.25) is 0 Å². The minimum atomic E-state index is -0.593. The molecule has 0 aliphatic rings. The number of hydrogen-bond donors (Lipinski definition) is 0. The van der Waals surface area contributed by atoms with Crippen LogP contribution in [0.25, 0.3) is 0 Å². The molecule has 0 N–H and O–H groups in total. The van der Waals surface area contributed by atoms with Gasteiger partial charge in [0.25, 0.3) is 0 Å². The highest BCUT2D eigenvalue weighted by atomic mass is 19.1. The van der Waals surface area contributed by atoms with Gasteiger partial charge in [-0.15, -0.1) is 0 Å². The highest BCUT2D eigenvalue weighted by Gasteiger charge is 1.88. The Hall–Kier alpha value is -0.960. The van der Waals surface area contributed by atoms with Crippen LogP contribution in [-0.2, 0) is 5.11 Å². The fourth-order valence-corrected chi connectivity index (χ4v) is 0.416. The van der Waals surface area contributed by atoms with E-state index in [1.54, 1.807) is 0 Å². The van der Waals surface area contributed by atoms with Crippen LogP contribution >= 0.6 is 0 Å². The molecular formula is C7H6F2O. The molecule has 1 rings (SSSR count). The largest absolute Gasteiger partial charge is 0.240 e. The maximum absolute atomic E-state index is 11.9. The van der Waals surface area contributed by atoms with Gasteiger partial charge < -0.3 is 0 Å². The lowest BCUT2D eigenvalue weighted by Crippen LogP contribution is -1.74. The second kappa shape index (κ2) is 4.88. The van der Waals surface area contributed by atoms with E-state index in [-0.39, 0.29) is 0 Å². The Kier molecular flexibility index (Phi) is 4.41. The molecular weight excluding hydrogens is 138 g/mol. The van der Waals surface area contributed by atoms with Crippen molar-refractivity contribution in [2.24, 2.45) is 0 Å². The molecule has 0 spiro atoms. The van der Waals surface area contributed by atoms with Gasteiger partial charge in [-0.3, -0.25) is 0 Å². The van der Waals surface area contributed by atoms with Crippen LogP contribution in [0.3, 0.4) is 0 Å². The van der Waals surface area contributed by atoms with E-state index in [1.807, 2.05) is 0 Å². The van der Waals surface area contributed by atoms with Gasteiger partial charge in [-0.05, 0) is 18.2 Å². The van der Waals surface area contributed by atoms with Gasteiger partial charge in [-0.2, -0.15) is 0 Å². The molecule has 1 nitrogen and oxygen atoms in total. The molecule has 0 fully saturated rings. The van der Waals surface area contributed by atoms with Crippen molar-refractivity contribution in [2.45, 2.75) is 0 Å².